The molecule has 2 aromatic rings. The average molecular weight is 404 g/mol. The lowest BCUT2D eigenvalue weighted by Crippen LogP contribution is -2.48. The fraction of sp³-hybridized carbons (Fsp3) is 0.417. The van der Waals surface area contributed by atoms with Gasteiger partial charge in [0.25, 0.3) is 0 Å². The van der Waals surface area contributed by atoms with Gasteiger partial charge in [-0.1, -0.05) is 24.8 Å². The molecule has 1 atom stereocenters. The first kappa shape index (κ1) is 20.3. The van der Waals surface area contributed by atoms with Crippen molar-refractivity contribution < 1.29 is 4.79 Å². The van der Waals surface area contributed by atoms with Gasteiger partial charge in [-0.25, -0.2) is 9.97 Å². The molecule has 0 aromatic carbocycles. The van der Waals surface area contributed by atoms with Gasteiger partial charge < -0.3 is 9.80 Å². The standard InChI is InChI=1S/C24H29N5O/c1-4-5-6-19-9-10-25-23(17(19)2)20-7-8-21-22(15-20)26-16-27-24(21)29-13-11-28(12-14-29)18(3)30/h4-6,9-10,16,20H,1,7-8,11-15H2,2-3H3/b6-5-. The molecule has 0 saturated carbocycles. The Morgan fingerprint density at radius 2 is 2.00 bits per heavy atom. The quantitative estimate of drug-likeness (QED) is 0.733. The van der Waals surface area contributed by atoms with Gasteiger partial charge in [-0.2, -0.15) is 0 Å². The van der Waals surface area contributed by atoms with Gasteiger partial charge in [0.05, 0.1) is 0 Å². The minimum absolute atomic E-state index is 0.148. The molecule has 1 fully saturated rings. The molecule has 4 rings (SSSR count). The molecule has 1 aliphatic carbocycles. The predicted octanol–water partition coefficient (Wildman–Crippen LogP) is 3.32. The number of carbonyl (C=O) groups is 1. The van der Waals surface area contributed by atoms with Crippen LogP contribution >= 0.6 is 0 Å². The van der Waals surface area contributed by atoms with Gasteiger partial charge in [-0.3, -0.25) is 9.78 Å². The second kappa shape index (κ2) is 8.78. The molecule has 0 radical (unpaired) electrons. The summed E-state index contributed by atoms with van der Waals surface area (Å²) in [5.41, 5.74) is 6.00. The van der Waals surface area contributed by atoms with Crippen LogP contribution in [0.3, 0.4) is 0 Å². The molecule has 2 aliphatic rings. The monoisotopic (exact) mass is 403 g/mol. The van der Waals surface area contributed by atoms with E-state index in [1.54, 1.807) is 19.3 Å². The van der Waals surface area contributed by atoms with Gasteiger partial charge in [0, 0.05) is 62.2 Å². The molecule has 1 saturated heterocycles. The van der Waals surface area contributed by atoms with E-state index in [0.29, 0.717) is 5.92 Å². The van der Waals surface area contributed by atoms with Crippen LogP contribution in [0.4, 0.5) is 5.82 Å². The highest BCUT2D eigenvalue weighted by Crippen LogP contribution is 2.36. The minimum atomic E-state index is 0.148. The number of fused-ring (bicyclic) bond motifs is 1. The molecule has 0 bridgehead atoms. The molecule has 2 aromatic heterocycles. The lowest BCUT2D eigenvalue weighted by molar-refractivity contribution is -0.129. The Hall–Kier alpha value is -3.02. The zero-order chi connectivity index (χ0) is 21.1. The highest BCUT2D eigenvalue weighted by atomic mass is 16.2. The van der Waals surface area contributed by atoms with E-state index in [1.807, 2.05) is 17.2 Å². The third-order valence-electron chi connectivity index (χ3n) is 6.30. The summed E-state index contributed by atoms with van der Waals surface area (Å²) >= 11 is 0. The number of aromatic nitrogens is 3. The summed E-state index contributed by atoms with van der Waals surface area (Å²) in [6.45, 7) is 10.7. The van der Waals surface area contributed by atoms with Crippen LogP contribution in [0.25, 0.3) is 6.08 Å². The number of hydrogen-bond donors (Lipinski definition) is 0. The van der Waals surface area contributed by atoms with E-state index in [9.17, 15) is 4.79 Å². The van der Waals surface area contributed by atoms with Gasteiger partial charge in [0.2, 0.25) is 5.91 Å². The number of carbonyl (C=O) groups excluding carboxylic acids is 1. The van der Waals surface area contributed by atoms with Gasteiger partial charge in [0.15, 0.2) is 0 Å². The molecule has 6 nitrogen and oxygen atoms in total. The SMILES string of the molecule is C=C/C=C\c1ccnc(C2CCc3c(ncnc3N3CCN(C(C)=O)CC3)C2)c1C. The van der Waals surface area contributed by atoms with Crippen LogP contribution in [0, 0.1) is 6.92 Å². The largest absolute Gasteiger partial charge is 0.353 e. The van der Waals surface area contributed by atoms with Crippen LogP contribution in [0.15, 0.2) is 37.3 Å². The molecular weight excluding hydrogens is 374 g/mol. The van der Waals surface area contributed by atoms with Crippen molar-refractivity contribution in [2.75, 3.05) is 31.1 Å². The smallest absolute Gasteiger partial charge is 0.219 e. The van der Waals surface area contributed by atoms with Crippen LogP contribution in [0.5, 0.6) is 0 Å². The van der Waals surface area contributed by atoms with E-state index < -0.39 is 0 Å². The second-order valence-electron chi connectivity index (χ2n) is 8.06. The molecule has 1 amide bonds. The summed E-state index contributed by atoms with van der Waals surface area (Å²) in [5, 5.41) is 0. The Bertz CT molecular complexity index is 976. The molecule has 0 spiro atoms. The van der Waals surface area contributed by atoms with Crippen molar-refractivity contribution in [3.63, 3.8) is 0 Å². The molecule has 1 unspecified atom stereocenters. The zero-order valence-corrected chi connectivity index (χ0v) is 17.8. The number of amides is 1. The van der Waals surface area contributed by atoms with Crippen molar-refractivity contribution >= 4 is 17.8 Å². The van der Waals surface area contributed by atoms with Crippen molar-refractivity contribution in [2.24, 2.45) is 0 Å². The molecule has 1 aliphatic heterocycles. The highest BCUT2D eigenvalue weighted by molar-refractivity contribution is 5.73. The molecule has 156 valence electrons. The van der Waals surface area contributed by atoms with E-state index in [-0.39, 0.29) is 5.91 Å². The van der Waals surface area contributed by atoms with Crippen molar-refractivity contribution in [3.05, 3.63) is 65.4 Å². The summed E-state index contributed by atoms with van der Waals surface area (Å²) < 4.78 is 0. The molecule has 3 heterocycles. The Labute approximate surface area is 178 Å². The van der Waals surface area contributed by atoms with Gasteiger partial charge in [0.1, 0.15) is 12.1 Å². The molecule has 0 N–H and O–H groups in total. The normalized spacial score (nSPS) is 19.1. The Morgan fingerprint density at radius 3 is 2.73 bits per heavy atom. The van der Waals surface area contributed by atoms with Crippen LogP contribution in [0.2, 0.25) is 0 Å². The number of allylic oxidation sites excluding steroid dienone is 2. The van der Waals surface area contributed by atoms with E-state index in [2.05, 4.69) is 40.5 Å². The number of pyridine rings is 1. The highest BCUT2D eigenvalue weighted by Gasteiger charge is 2.29. The van der Waals surface area contributed by atoms with Gasteiger partial charge >= 0.3 is 0 Å². The molecule has 30 heavy (non-hydrogen) atoms. The average Bonchev–Trinajstić information content (AvgIpc) is 2.77. The summed E-state index contributed by atoms with van der Waals surface area (Å²) in [6.07, 6.45) is 12.3. The fourth-order valence-corrected chi connectivity index (χ4v) is 4.59. The summed E-state index contributed by atoms with van der Waals surface area (Å²) in [6, 6.07) is 2.05. The Morgan fingerprint density at radius 1 is 1.20 bits per heavy atom. The van der Waals surface area contributed by atoms with Crippen molar-refractivity contribution in [1.29, 1.82) is 0 Å². The first-order valence-electron chi connectivity index (χ1n) is 10.7. The maximum absolute atomic E-state index is 11.6. The van der Waals surface area contributed by atoms with Gasteiger partial charge in [-0.15, -0.1) is 0 Å². The maximum atomic E-state index is 11.6. The summed E-state index contributed by atoms with van der Waals surface area (Å²) in [7, 11) is 0. The number of anilines is 1. The van der Waals surface area contributed by atoms with Crippen molar-refractivity contribution in [1.82, 2.24) is 19.9 Å². The molecular formula is C24H29N5O. The lowest BCUT2D eigenvalue weighted by atomic mass is 9.82. The third kappa shape index (κ3) is 3.99. The van der Waals surface area contributed by atoms with Gasteiger partial charge in [-0.05, 0) is 43.4 Å². The van der Waals surface area contributed by atoms with E-state index in [0.717, 1.165) is 57.0 Å². The number of nitrogens with zero attached hydrogens (tertiary/aromatic N) is 5. The van der Waals surface area contributed by atoms with E-state index in [4.69, 9.17) is 4.98 Å². The van der Waals surface area contributed by atoms with Crippen molar-refractivity contribution in [2.45, 2.75) is 39.0 Å². The number of piperazine rings is 1. The minimum Gasteiger partial charge on any atom is -0.353 e. The second-order valence-corrected chi connectivity index (χ2v) is 8.06. The summed E-state index contributed by atoms with van der Waals surface area (Å²) in [4.78, 5) is 29.8. The predicted molar refractivity (Wildman–Crippen MR) is 119 cm³/mol. The van der Waals surface area contributed by atoms with E-state index >= 15 is 0 Å². The Balaban J connectivity index is 1.55. The lowest BCUT2D eigenvalue weighted by Gasteiger charge is -2.37. The van der Waals surface area contributed by atoms with Crippen molar-refractivity contribution in [3.8, 4) is 0 Å². The van der Waals surface area contributed by atoms with Crippen LogP contribution in [-0.2, 0) is 17.6 Å². The van der Waals surface area contributed by atoms with Crippen LogP contribution < -0.4 is 4.90 Å². The first-order valence-corrected chi connectivity index (χ1v) is 10.7. The van der Waals surface area contributed by atoms with E-state index in [1.165, 1.54) is 22.4 Å². The zero-order valence-electron chi connectivity index (χ0n) is 17.8. The topological polar surface area (TPSA) is 62.2 Å². The number of rotatable bonds is 4. The fourth-order valence-electron chi connectivity index (χ4n) is 4.59. The maximum Gasteiger partial charge on any atom is 0.219 e. The van der Waals surface area contributed by atoms with Crippen LogP contribution in [0.1, 0.15) is 47.3 Å². The van der Waals surface area contributed by atoms with Crippen LogP contribution in [-0.4, -0.2) is 51.9 Å². The summed E-state index contributed by atoms with van der Waals surface area (Å²) in [5.74, 6) is 1.57. The Kier molecular flexibility index (Phi) is 5.93. The third-order valence-corrected chi connectivity index (χ3v) is 6.30. The number of hydrogen-bond acceptors (Lipinski definition) is 5. The molecule has 6 heteroatoms. The first-order chi connectivity index (χ1) is 14.6.